The van der Waals surface area contributed by atoms with Crippen molar-refractivity contribution >= 4 is 40.1 Å². The molecule has 1 amide bonds. The van der Waals surface area contributed by atoms with Gasteiger partial charge >= 0.3 is 0 Å². The van der Waals surface area contributed by atoms with E-state index >= 15 is 0 Å². The zero-order valence-corrected chi connectivity index (χ0v) is 16.8. The van der Waals surface area contributed by atoms with Crippen molar-refractivity contribution in [2.24, 2.45) is 0 Å². The van der Waals surface area contributed by atoms with E-state index in [1.165, 1.54) is 4.90 Å². The highest BCUT2D eigenvalue weighted by atomic mass is 35.5. The Hall–Kier alpha value is -2.34. The molecule has 4 rings (SSSR count). The minimum atomic E-state index is -0.703. The number of β-amino-alcohol motifs (C(OH)–C–C–N with tert-alkyl or cyclic N) is 1. The van der Waals surface area contributed by atoms with Crippen LogP contribution >= 0.6 is 23.2 Å². The van der Waals surface area contributed by atoms with Crippen molar-refractivity contribution in [3.63, 3.8) is 0 Å². The molecule has 2 heterocycles. The largest absolute Gasteiger partial charge is 0.450 e. The molecule has 0 spiro atoms. The summed E-state index contributed by atoms with van der Waals surface area (Å²) in [6.07, 6.45) is 0. The van der Waals surface area contributed by atoms with Gasteiger partial charge in [0.25, 0.3) is 5.91 Å². The third-order valence-corrected chi connectivity index (χ3v) is 5.74. The van der Waals surface area contributed by atoms with E-state index in [9.17, 15) is 14.7 Å². The molecule has 2 aromatic carbocycles. The van der Waals surface area contributed by atoms with Gasteiger partial charge in [-0.15, -0.1) is 0 Å². The first-order valence-corrected chi connectivity index (χ1v) is 9.53. The Bertz CT molecular complexity index is 1190. The van der Waals surface area contributed by atoms with Gasteiger partial charge in [-0.2, -0.15) is 0 Å². The molecule has 7 heteroatoms. The van der Waals surface area contributed by atoms with E-state index in [1.54, 1.807) is 24.3 Å². The van der Waals surface area contributed by atoms with Crippen molar-refractivity contribution in [3.05, 3.63) is 78.6 Å². The van der Waals surface area contributed by atoms with Crippen molar-refractivity contribution in [1.29, 1.82) is 0 Å². The van der Waals surface area contributed by atoms with Gasteiger partial charge < -0.3 is 14.4 Å². The smallest absolute Gasteiger partial charge is 0.290 e. The second-order valence-corrected chi connectivity index (χ2v) is 7.75. The molecule has 0 aliphatic carbocycles. The van der Waals surface area contributed by atoms with E-state index in [0.717, 1.165) is 11.1 Å². The van der Waals surface area contributed by atoms with E-state index in [1.807, 2.05) is 19.9 Å². The summed E-state index contributed by atoms with van der Waals surface area (Å²) in [6.45, 7) is 3.55. The van der Waals surface area contributed by atoms with Gasteiger partial charge in [0.1, 0.15) is 5.58 Å². The second kappa shape index (κ2) is 6.92. The summed E-state index contributed by atoms with van der Waals surface area (Å²) in [4.78, 5) is 27.8. The number of amides is 1. The summed E-state index contributed by atoms with van der Waals surface area (Å²) in [5, 5.41) is 10.6. The van der Waals surface area contributed by atoms with Crippen LogP contribution in [0.5, 0.6) is 0 Å². The standard InChI is InChI=1S/C21H17Cl2NO4/c1-10-7-11(2)19-13(8-10)18(26)16-17(12-3-4-14(22)15(23)9-12)24(5-6-25)21(27)20(16)28-19/h3-4,7-9,17,25H,5-6H2,1-2H3/t17-/m0/s1. The number of fused-ring (bicyclic) bond motifs is 2. The van der Waals surface area contributed by atoms with Crippen LogP contribution < -0.4 is 5.43 Å². The Morgan fingerprint density at radius 1 is 1.11 bits per heavy atom. The number of hydrogen-bond acceptors (Lipinski definition) is 4. The average molecular weight is 418 g/mol. The maximum absolute atomic E-state index is 13.4. The molecule has 1 aliphatic rings. The number of hydrogen-bond donors (Lipinski definition) is 1. The maximum Gasteiger partial charge on any atom is 0.290 e. The van der Waals surface area contributed by atoms with Gasteiger partial charge in [0.15, 0.2) is 5.43 Å². The fourth-order valence-electron chi connectivity index (χ4n) is 3.84. The van der Waals surface area contributed by atoms with Crippen LogP contribution in [0.1, 0.15) is 38.9 Å². The highest BCUT2D eigenvalue weighted by Crippen LogP contribution is 2.39. The lowest BCUT2D eigenvalue weighted by atomic mass is 9.97. The Morgan fingerprint density at radius 2 is 1.86 bits per heavy atom. The first-order chi connectivity index (χ1) is 13.3. The summed E-state index contributed by atoms with van der Waals surface area (Å²) in [7, 11) is 0. The Morgan fingerprint density at radius 3 is 2.54 bits per heavy atom. The molecule has 0 bridgehead atoms. The van der Waals surface area contributed by atoms with Gasteiger partial charge in [0.2, 0.25) is 5.76 Å². The highest BCUT2D eigenvalue weighted by molar-refractivity contribution is 6.42. The molecule has 144 valence electrons. The predicted molar refractivity (Wildman–Crippen MR) is 108 cm³/mol. The second-order valence-electron chi connectivity index (χ2n) is 6.93. The Labute approximate surface area is 171 Å². The van der Waals surface area contributed by atoms with Gasteiger partial charge in [0.05, 0.1) is 33.6 Å². The van der Waals surface area contributed by atoms with Crippen molar-refractivity contribution in [2.75, 3.05) is 13.2 Å². The number of halogens is 2. The summed E-state index contributed by atoms with van der Waals surface area (Å²) >= 11 is 12.2. The number of carbonyl (C=O) groups is 1. The van der Waals surface area contributed by atoms with Gasteiger partial charge in [0, 0.05) is 6.54 Å². The molecule has 5 nitrogen and oxygen atoms in total. The molecule has 0 fully saturated rings. The summed E-state index contributed by atoms with van der Waals surface area (Å²) in [5.41, 5.74) is 2.75. The molecule has 0 saturated carbocycles. The van der Waals surface area contributed by atoms with E-state index in [4.69, 9.17) is 27.6 Å². The van der Waals surface area contributed by atoms with Crippen LogP contribution in [0.15, 0.2) is 39.5 Å². The lowest BCUT2D eigenvalue weighted by Gasteiger charge is -2.24. The molecule has 28 heavy (non-hydrogen) atoms. The van der Waals surface area contributed by atoms with Gasteiger partial charge in [-0.05, 0) is 48.7 Å². The topological polar surface area (TPSA) is 70.8 Å². The first kappa shape index (κ1) is 19.0. The van der Waals surface area contributed by atoms with Crippen molar-refractivity contribution in [1.82, 2.24) is 4.90 Å². The average Bonchev–Trinajstić information content (AvgIpc) is 2.92. The first-order valence-electron chi connectivity index (χ1n) is 8.78. The summed E-state index contributed by atoms with van der Waals surface area (Å²) < 4.78 is 5.93. The van der Waals surface area contributed by atoms with Crippen LogP contribution in [0.4, 0.5) is 0 Å². The number of benzene rings is 2. The van der Waals surface area contributed by atoms with Crippen LogP contribution in [0.3, 0.4) is 0 Å². The number of aryl methyl sites for hydroxylation is 2. The molecule has 0 saturated heterocycles. The van der Waals surface area contributed by atoms with Crippen LogP contribution in [0.25, 0.3) is 11.0 Å². The van der Waals surface area contributed by atoms with Crippen molar-refractivity contribution in [2.45, 2.75) is 19.9 Å². The number of rotatable bonds is 3. The van der Waals surface area contributed by atoms with E-state index < -0.39 is 11.9 Å². The van der Waals surface area contributed by atoms with Gasteiger partial charge in [-0.1, -0.05) is 35.3 Å². The lowest BCUT2D eigenvalue weighted by molar-refractivity contribution is 0.0691. The highest BCUT2D eigenvalue weighted by Gasteiger charge is 2.42. The zero-order valence-electron chi connectivity index (χ0n) is 15.3. The molecule has 0 unspecified atom stereocenters. The monoisotopic (exact) mass is 417 g/mol. The third kappa shape index (κ3) is 2.82. The third-order valence-electron chi connectivity index (χ3n) is 5.00. The van der Waals surface area contributed by atoms with Crippen LogP contribution in [-0.4, -0.2) is 29.1 Å². The van der Waals surface area contributed by atoms with Crippen LogP contribution in [-0.2, 0) is 0 Å². The van der Waals surface area contributed by atoms with Crippen LogP contribution in [0, 0.1) is 13.8 Å². The van der Waals surface area contributed by atoms with Crippen LogP contribution in [0.2, 0.25) is 10.0 Å². The summed E-state index contributed by atoms with van der Waals surface area (Å²) in [6, 6.07) is 7.93. The molecule has 3 aromatic rings. The fourth-order valence-corrected chi connectivity index (χ4v) is 4.15. The number of aliphatic hydroxyl groups is 1. The predicted octanol–water partition coefficient (Wildman–Crippen LogP) is 4.25. The molecule has 1 aromatic heterocycles. The van der Waals surface area contributed by atoms with E-state index in [-0.39, 0.29) is 29.9 Å². The maximum atomic E-state index is 13.4. The molecular formula is C21H17Cl2NO4. The zero-order chi connectivity index (χ0) is 20.2. The normalized spacial score (nSPS) is 16.1. The Balaban J connectivity index is 2.04. The SMILES string of the molecule is Cc1cc(C)c2oc3c(c(=O)c2c1)[C@H](c1ccc(Cl)c(Cl)c1)N(CCO)C3=O. The van der Waals surface area contributed by atoms with Crippen molar-refractivity contribution in [3.8, 4) is 0 Å². The molecule has 1 atom stereocenters. The molecule has 1 N–H and O–H groups in total. The number of aliphatic hydroxyl groups excluding tert-OH is 1. The van der Waals surface area contributed by atoms with E-state index in [0.29, 0.717) is 26.6 Å². The minimum Gasteiger partial charge on any atom is -0.450 e. The molecule has 1 aliphatic heterocycles. The quantitative estimate of drug-likeness (QED) is 0.690. The van der Waals surface area contributed by atoms with Crippen molar-refractivity contribution < 1.29 is 14.3 Å². The van der Waals surface area contributed by atoms with Gasteiger partial charge in [-0.3, -0.25) is 9.59 Å². The molecule has 0 radical (unpaired) electrons. The van der Waals surface area contributed by atoms with Gasteiger partial charge in [-0.25, -0.2) is 0 Å². The van der Waals surface area contributed by atoms with E-state index in [2.05, 4.69) is 0 Å². The number of carbonyl (C=O) groups excluding carboxylic acids is 1. The molecular weight excluding hydrogens is 401 g/mol. The lowest BCUT2D eigenvalue weighted by Crippen LogP contribution is -2.32. The fraction of sp³-hybridized carbons (Fsp3) is 0.238. The number of nitrogens with zero attached hydrogens (tertiary/aromatic N) is 1. The Kier molecular flexibility index (Phi) is 4.70. The summed E-state index contributed by atoms with van der Waals surface area (Å²) in [5.74, 6) is -0.423. The minimum absolute atomic E-state index is 0.00831.